The van der Waals surface area contributed by atoms with Crippen molar-refractivity contribution in [1.82, 2.24) is 25.5 Å². The Morgan fingerprint density at radius 3 is 2.95 bits per heavy atom. The lowest BCUT2D eigenvalue weighted by molar-refractivity contribution is -0.115. The van der Waals surface area contributed by atoms with Crippen LogP contribution in [-0.4, -0.2) is 60.5 Å². The average molecular weight is 279 g/mol. The zero-order chi connectivity index (χ0) is 14.8. The predicted molar refractivity (Wildman–Crippen MR) is 74.2 cm³/mol. The van der Waals surface area contributed by atoms with Crippen LogP contribution in [0.3, 0.4) is 0 Å². The second-order valence-corrected chi connectivity index (χ2v) is 3.73. The first kappa shape index (κ1) is 15.3. The largest absolute Gasteiger partial charge is 0.367 e. The van der Waals surface area contributed by atoms with Crippen LogP contribution in [0.25, 0.3) is 0 Å². The highest BCUT2D eigenvalue weighted by Crippen LogP contribution is 1.96. The van der Waals surface area contributed by atoms with Crippen LogP contribution < -0.4 is 16.0 Å². The normalized spacial score (nSPS) is 10.1. The molecule has 0 saturated heterocycles. The van der Waals surface area contributed by atoms with E-state index in [1.807, 2.05) is 0 Å². The molecule has 20 heavy (non-hydrogen) atoms. The molecule has 1 aromatic heterocycles. The number of nitrogens with one attached hydrogen (secondary N) is 3. The van der Waals surface area contributed by atoms with E-state index in [2.05, 4.69) is 30.9 Å². The summed E-state index contributed by atoms with van der Waals surface area (Å²) >= 11 is 0. The third-order valence-corrected chi connectivity index (χ3v) is 2.15. The van der Waals surface area contributed by atoms with Gasteiger partial charge >= 0.3 is 6.03 Å². The Hall–Kier alpha value is -2.71. The highest BCUT2D eigenvalue weighted by atomic mass is 16.2. The lowest BCUT2D eigenvalue weighted by Gasteiger charge is -2.12. The molecule has 0 saturated carbocycles. The number of nitrogens with zero attached hydrogens (tertiary/aromatic N) is 4. The summed E-state index contributed by atoms with van der Waals surface area (Å²) in [6.07, 6.45) is 4.25. The van der Waals surface area contributed by atoms with E-state index >= 15 is 0 Å². The first-order chi connectivity index (χ1) is 9.63. The minimum Gasteiger partial charge on any atom is -0.367 e. The molecule has 108 valence electrons. The van der Waals surface area contributed by atoms with Gasteiger partial charge in [0, 0.05) is 20.3 Å². The van der Waals surface area contributed by atoms with Gasteiger partial charge in [-0.05, 0) is 6.07 Å². The second kappa shape index (κ2) is 8.40. The summed E-state index contributed by atoms with van der Waals surface area (Å²) in [5, 5.41) is 7.76. The van der Waals surface area contributed by atoms with Gasteiger partial charge in [-0.1, -0.05) is 0 Å². The number of hydrogen-bond acceptors (Lipinski definition) is 5. The standard InChI is InChI=1S/C11H17N7O2/c1-12-11(20)18(2)8-15-6-14-5-10(19)17-9-3-4-13-7-16-9/h3-4,6-7H,5,8H2,1-2H3,(H,12,20)(H,14,15)(H,13,16,17,19). The zero-order valence-electron chi connectivity index (χ0n) is 11.3. The molecule has 9 heteroatoms. The topological polar surface area (TPSA) is 112 Å². The molecule has 0 aliphatic rings. The van der Waals surface area contributed by atoms with Crippen molar-refractivity contribution in [3.05, 3.63) is 18.6 Å². The van der Waals surface area contributed by atoms with Crippen molar-refractivity contribution < 1.29 is 9.59 Å². The summed E-state index contributed by atoms with van der Waals surface area (Å²) in [5.41, 5.74) is 0. The lowest BCUT2D eigenvalue weighted by atomic mass is 10.5. The predicted octanol–water partition coefficient (Wildman–Crippen LogP) is -0.738. The minimum atomic E-state index is -0.255. The Morgan fingerprint density at radius 1 is 1.50 bits per heavy atom. The lowest BCUT2D eigenvalue weighted by Crippen LogP contribution is -2.35. The van der Waals surface area contributed by atoms with Crippen molar-refractivity contribution in [1.29, 1.82) is 0 Å². The quantitative estimate of drug-likeness (QED) is 0.469. The Kier molecular flexibility index (Phi) is 6.45. The summed E-state index contributed by atoms with van der Waals surface area (Å²) in [5.74, 6) is 0.179. The number of anilines is 1. The molecule has 3 N–H and O–H groups in total. The smallest absolute Gasteiger partial charge is 0.318 e. The summed E-state index contributed by atoms with van der Waals surface area (Å²) in [7, 11) is 3.15. The van der Waals surface area contributed by atoms with Crippen LogP contribution in [0.15, 0.2) is 23.6 Å². The Morgan fingerprint density at radius 2 is 2.30 bits per heavy atom. The third-order valence-electron chi connectivity index (χ3n) is 2.15. The van der Waals surface area contributed by atoms with Crippen molar-refractivity contribution in [3.63, 3.8) is 0 Å². The fraction of sp³-hybridized carbons (Fsp3) is 0.364. The maximum atomic E-state index is 11.5. The summed E-state index contributed by atoms with van der Waals surface area (Å²) in [4.78, 5) is 35.6. The van der Waals surface area contributed by atoms with Gasteiger partial charge in [-0.3, -0.25) is 9.79 Å². The van der Waals surface area contributed by atoms with Crippen molar-refractivity contribution in [2.45, 2.75) is 0 Å². The van der Waals surface area contributed by atoms with Crippen molar-refractivity contribution in [2.75, 3.05) is 32.6 Å². The molecule has 0 aromatic carbocycles. The number of rotatable bonds is 6. The fourth-order valence-corrected chi connectivity index (χ4v) is 1.17. The summed E-state index contributed by atoms with van der Waals surface area (Å²) in [6, 6.07) is 1.35. The molecule has 0 radical (unpaired) electrons. The highest BCUT2D eigenvalue weighted by Gasteiger charge is 2.03. The molecule has 0 spiro atoms. The molecule has 9 nitrogen and oxygen atoms in total. The molecule has 3 amide bonds. The van der Waals surface area contributed by atoms with Gasteiger partial charge in [-0.25, -0.2) is 14.8 Å². The van der Waals surface area contributed by atoms with Gasteiger partial charge in [0.15, 0.2) is 0 Å². The SMILES string of the molecule is CNC(=O)N(C)CN=CNCC(=O)Nc1ccncn1. The molecular weight excluding hydrogens is 262 g/mol. The molecule has 0 unspecified atom stereocenters. The number of aromatic nitrogens is 2. The van der Waals surface area contributed by atoms with E-state index in [1.54, 1.807) is 13.1 Å². The number of urea groups is 1. The number of carbonyl (C=O) groups is 2. The van der Waals surface area contributed by atoms with Gasteiger partial charge in [0.2, 0.25) is 5.91 Å². The number of carbonyl (C=O) groups excluding carboxylic acids is 2. The maximum Gasteiger partial charge on any atom is 0.318 e. The summed E-state index contributed by atoms with van der Waals surface area (Å²) < 4.78 is 0. The molecule has 0 fully saturated rings. The van der Waals surface area contributed by atoms with Crippen molar-refractivity contribution in [2.24, 2.45) is 4.99 Å². The third kappa shape index (κ3) is 5.76. The van der Waals surface area contributed by atoms with Crippen LogP contribution in [0.5, 0.6) is 0 Å². The first-order valence-corrected chi connectivity index (χ1v) is 5.84. The van der Waals surface area contributed by atoms with E-state index in [-0.39, 0.29) is 25.2 Å². The molecule has 1 rings (SSSR count). The number of hydrogen-bond donors (Lipinski definition) is 3. The van der Waals surface area contributed by atoms with E-state index in [4.69, 9.17) is 0 Å². The molecule has 0 aliphatic carbocycles. The molecule has 1 aromatic rings. The van der Waals surface area contributed by atoms with Crippen LogP contribution >= 0.6 is 0 Å². The van der Waals surface area contributed by atoms with E-state index in [1.165, 1.54) is 30.8 Å². The number of aliphatic imine (C=N–C) groups is 1. The molecule has 0 atom stereocenters. The van der Waals surface area contributed by atoms with Crippen molar-refractivity contribution in [3.8, 4) is 0 Å². The minimum absolute atomic E-state index is 0.0528. The molecule has 1 heterocycles. The van der Waals surface area contributed by atoms with E-state index in [0.29, 0.717) is 5.82 Å². The van der Waals surface area contributed by atoms with Crippen LogP contribution in [0.4, 0.5) is 10.6 Å². The van der Waals surface area contributed by atoms with Gasteiger partial charge < -0.3 is 20.9 Å². The Balaban J connectivity index is 2.20. The van der Waals surface area contributed by atoms with Crippen molar-refractivity contribution >= 4 is 24.1 Å². The maximum absolute atomic E-state index is 11.5. The van der Waals surface area contributed by atoms with Gasteiger partial charge in [0.05, 0.1) is 12.9 Å². The van der Waals surface area contributed by atoms with Gasteiger partial charge in [-0.15, -0.1) is 0 Å². The Labute approximate surface area is 116 Å². The monoisotopic (exact) mass is 279 g/mol. The van der Waals surface area contributed by atoms with Crippen LogP contribution in [0.2, 0.25) is 0 Å². The average Bonchev–Trinajstić information content (AvgIpc) is 2.46. The van der Waals surface area contributed by atoms with Gasteiger partial charge in [0.25, 0.3) is 0 Å². The summed E-state index contributed by atoms with van der Waals surface area (Å²) in [6.45, 7) is 0.247. The number of amides is 3. The van der Waals surface area contributed by atoms with E-state index in [9.17, 15) is 9.59 Å². The van der Waals surface area contributed by atoms with E-state index < -0.39 is 0 Å². The van der Waals surface area contributed by atoms with Crippen LogP contribution in [0, 0.1) is 0 Å². The van der Waals surface area contributed by atoms with Crippen LogP contribution in [-0.2, 0) is 4.79 Å². The highest BCUT2D eigenvalue weighted by molar-refractivity contribution is 5.92. The van der Waals surface area contributed by atoms with Gasteiger partial charge in [-0.2, -0.15) is 0 Å². The van der Waals surface area contributed by atoms with Gasteiger partial charge in [0.1, 0.15) is 18.8 Å². The Bertz CT molecular complexity index is 463. The molecule has 0 bridgehead atoms. The molecular formula is C11H17N7O2. The van der Waals surface area contributed by atoms with Crippen LogP contribution in [0.1, 0.15) is 0 Å². The zero-order valence-corrected chi connectivity index (χ0v) is 11.3. The van der Waals surface area contributed by atoms with E-state index in [0.717, 1.165) is 0 Å². The first-order valence-electron chi connectivity index (χ1n) is 5.84. The fourth-order valence-electron chi connectivity index (χ4n) is 1.17. The second-order valence-electron chi connectivity index (χ2n) is 3.73. The molecule has 0 aliphatic heterocycles.